The first-order valence-electron chi connectivity index (χ1n) is 18.5. The molecule has 3 rings (SSSR count). The molecule has 0 amide bonds. The van der Waals surface area contributed by atoms with Gasteiger partial charge in [-0.05, 0) is 74.9 Å². The van der Waals surface area contributed by atoms with Gasteiger partial charge in [-0.1, -0.05) is 27.7 Å². The molecular weight excluding hydrogens is 666 g/mol. The van der Waals surface area contributed by atoms with Crippen molar-refractivity contribution in [3.63, 3.8) is 0 Å². The van der Waals surface area contributed by atoms with Crippen LogP contribution in [-0.2, 0) is 38.0 Å². The standard InChI is InChI=1S/C37H67NO13/c1-14-25-37(10,45)30(41)20(4)27(39)18(2)16-35(8,44)32(51-34-28(40)24(38(11)12)15-19(3)47-34)21(5)29(22(6)33(43)49-25)50-26-17-36(9,46-13)31(42)23(7)48-26/h18-26,28-32,34,40-42,44-45H,14-17H2,1-13H3/t18-,19-,20+,21+,22+,23+,24+,25-,26+,28-,29-,30-,31+,32-,34+,35+,36-,37-/m1/s1. The Bertz CT molecular complexity index is 1170. The number of esters is 1. The molecule has 0 aromatic heterocycles. The highest BCUT2D eigenvalue weighted by molar-refractivity contribution is 5.83. The van der Waals surface area contributed by atoms with Gasteiger partial charge in [-0.25, -0.2) is 0 Å². The molecule has 14 nitrogen and oxygen atoms in total. The highest BCUT2D eigenvalue weighted by atomic mass is 16.7. The second-order valence-electron chi connectivity index (χ2n) is 16.5. The van der Waals surface area contributed by atoms with Gasteiger partial charge >= 0.3 is 5.97 Å². The van der Waals surface area contributed by atoms with E-state index < -0.39 is 108 Å². The predicted octanol–water partition coefficient (Wildman–Crippen LogP) is 1.79. The topological polar surface area (TPSA) is 194 Å². The fourth-order valence-corrected chi connectivity index (χ4v) is 8.41. The summed E-state index contributed by atoms with van der Waals surface area (Å²) in [6, 6.07) is -0.324. The van der Waals surface area contributed by atoms with Crippen molar-refractivity contribution in [2.75, 3.05) is 21.2 Å². The summed E-state index contributed by atoms with van der Waals surface area (Å²) >= 11 is 0. The number of cyclic esters (lactones) is 1. The zero-order valence-electron chi connectivity index (χ0n) is 32.9. The number of aliphatic hydroxyl groups is 5. The Morgan fingerprint density at radius 2 is 1.49 bits per heavy atom. The third-order valence-electron chi connectivity index (χ3n) is 11.8. The number of hydrogen-bond donors (Lipinski definition) is 5. The van der Waals surface area contributed by atoms with Crippen LogP contribution in [0.1, 0.15) is 94.9 Å². The predicted molar refractivity (Wildman–Crippen MR) is 186 cm³/mol. The second kappa shape index (κ2) is 17.0. The van der Waals surface area contributed by atoms with Crippen molar-refractivity contribution in [3.05, 3.63) is 0 Å². The maximum atomic E-state index is 14.1. The molecule has 3 heterocycles. The minimum absolute atomic E-state index is 0.0936. The summed E-state index contributed by atoms with van der Waals surface area (Å²) in [4.78, 5) is 29.8. The number of ketones is 1. The number of carbonyl (C=O) groups excluding carboxylic acids is 2. The zero-order valence-corrected chi connectivity index (χ0v) is 32.9. The zero-order chi connectivity index (χ0) is 39.0. The van der Waals surface area contributed by atoms with Crippen LogP contribution in [0.25, 0.3) is 0 Å². The Labute approximate surface area is 304 Å². The van der Waals surface area contributed by atoms with Gasteiger partial charge in [0.1, 0.15) is 29.7 Å². The van der Waals surface area contributed by atoms with Gasteiger partial charge in [-0.3, -0.25) is 9.59 Å². The van der Waals surface area contributed by atoms with Gasteiger partial charge in [0.15, 0.2) is 12.6 Å². The van der Waals surface area contributed by atoms with Crippen LogP contribution in [-0.4, -0.2) is 148 Å². The second-order valence-corrected chi connectivity index (χ2v) is 16.5. The quantitative estimate of drug-likeness (QED) is 0.238. The van der Waals surface area contributed by atoms with Crippen molar-refractivity contribution in [2.45, 2.75) is 179 Å². The van der Waals surface area contributed by atoms with E-state index in [2.05, 4.69) is 0 Å². The van der Waals surface area contributed by atoms with Crippen LogP contribution in [0.5, 0.6) is 0 Å². The smallest absolute Gasteiger partial charge is 0.311 e. The van der Waals surface area contributed by atoms with E-state index in [9.17, 15) is 35.1 Å². The third-order valence-corrected chi connectivity index (χ3v) is 11.8. The maximum Gasteiger partial charge on any atom is 0.311 e. The summed E-state index contributed by atoms with van der Waals surface area (Å²) in [5.74, 6) is -4.98. The molecule has 3 aliphatic heterocycles. The number of hydrogen-bond acceptors (Lipinski definition) is 14. The Morgan fingerprint density at radius 1 is 0.882 bits per heavy atom. The molecule has 14 heteroatoms. The third kappa shape index (κ3) is 9.51. The lowest BCUT2D eigenvalue weighted by molar-refractivity contribution is -0.318. The van der Waals surface area contributed by atoms with Crippen molar-refractivity contribution in [3.8, 4) is 0 Å². The number of rotatable bonds is 7. The van der Waals surface area contributed by atoms with Gasteiger partial charge in [-0.15, -0.1) is 0 Å². The maximum absolute atomic E-state index is 14.1. The number of nitrogens with zero attached hydrogens (tertiary/aromatic N) is 1. The number of aliphatic hydroxyl groups excluding tert-OH is 3. The first kappa shape index (κ1) is 44.1. The summed E-state index contributed by atoms with van der Waals surface area (Å²) in [7, 11) is 5.18. The average molecular weight is 734 g/mol. The fourth-order valence-electron chi connectivity index (χ4n) is 8.41. The van der Waals surface area contributed by atoms with Crippen LogP contribution in [0.15, 0.2) is 0 Å². The lowest BCUT2D eigenvalue weighted by Crippen LogP contribution is -2.61. The molecule has 3 fully saturated rings. The molecule has 0 spiro atoms. The van der Waals surface area contributed by atoms with Crippen LogP contribution in [0.3, 0.4) is 0 Å². The molecule has 3 saturated heterocycles. The Balaban J connectivity index is 2.18. The van der Waals surface area contributed by atoms with E-state index in [1.807, 2.05) is 25.9 Å². The first-order chi connectivity index (χ1) is 23.4. The molecular formula is C37H67NO13. The van der Waals surface area contributed by atoms with E-state index >= 15 is 0 Å². The van der Waals surface area contributed by atoms with Crippen LogP contribution in [0, 0.1) is 23.7 Å². The van der Waals surface area contributed by atoms with Crippen molar-refractivity contribution >= 4 is 11.8 Å². The van der Waals surface area contributed by atoms with Crippen LogP contribution < -0.4 is 0 Å². The lowest BCUT2D eigenvalue weighted by atomic mass is 9.74. The molecule has 0 aromatic rings. The minimum Gasteiger partial charge on any atom is -0.459 e. The fraction of sp³-hybridized carbons (Fsp3) is 0.946. The number of methoxy groups -OCH3 is 1. The molecule has 0 bridgehead atoms. The molecule has 3 aliphatic rings. The summed E-state index contributed by atoms with van der Waals surface area (Å²) in [6.07, 6.45) is -9.71. The normalized spacial score (nSPS) is 49.7. The molecule has 51 heavy (non-hydrogen) atoms. The van der Waals surface area contributed by atoms with Crippen molar-refractivity contribution < 1.29 is 63.5 Å². The minimum atomic E-state index is -1.99. The average Bonchev–Trinajstić information content (AvgIpc) is 3.05. The van der Waals surface area contributed by atoms with Crippen molar-refractivity contribution in [1.82, 2.24) is 4.90 Å². The number of Topliss-reactive ketones (excluding diaryl/α,β-unsaturated/α-hetero) is 1. The highest BCUT2D eigenvalue weighted by Gasteiger charge is 2.53. The molecule has 0 saturated carbocycles. The molecule has 18 atom stereocenters. The van der Waals surface area contributed by atoms with Crippen LogP contribution in [0.4, 0.5) is 0 Å². The SMILES string of the molecule is CC[C@H]1OC(=O)[C@@H](C)[C@H](O[C@H]2C[C@@](C)(OC)[C@@H](O)[C@H](C)O2)[C@H](C)[C@@H](O[C@@H]2O[C@H](C)C[C@H](N(C)C)[C@H]2O)[C@@](C)(O)C[C@@H](C)C(=O)[C@H](C)[C@@H](O)[C@]1(C)O. The summed E-state index contributed by atoms with van der Waals surface area (Å²) in [5, 5.41) is 57.6. The summed E-state index contributed by atoms with van der Waals surface area (Å²) in [5.41, 5.74) is -4.84. The molecule has 5 N–H and O–H groups in total. The van der Waals surface area contributed by atoms with E-state index in [-0.39, 0.29) is 31.4 Å². The van der Waals surface area contributed by atoms with E-state index in [1.54, 1.807) is 41.5 Å². The van der Waals surface area contributed by atoms with E-state index in [0.29, 0.717) is 6.42 Å². The monoisotopic (exact) mass is 733 g/mol. The first-order valence-corrected chi connectivity index (χ1v) is 18.5. The van der Waals surface area contributed by atoms with Crippen molar-refractivity contribution in [1.29, 1.82) is 0 Å². The molecule has 0 aromatic carbocycles. The Hall–Kier alpha value is -1.30. The van der Waals surface area contributed by atoms with Crippen LogP contribution in [0.2, 0.25) is 0 Å². The summed E-state index contributed by atoms with van der Waals surface area (Å²) < 4.78 is 37.1. The number of likely N-dealkylation sites (N-methyl/N-ethyl adjacent to an activating group) is 1. The lowest BCUT2D eigenvalue weighted by Gasteiger charge is -2.49. The number of carbonyl (C=O) groups is 2. The van der Waals surface area contributed by atoms with E-state index in [1.165, 1.54) is 27.9 Å². The van der Waals surface area contributed by atoms with E-state index in [0.717, 1.165) is 0 Å². The van der Waals surface area contributed by atoms with Gasteiger partial charge in [0.25, 0.3) is 0 Å². The molecule has 0 radical (unpaired) electrons. The molecule has 0 aliphatic carbocycles. The van der Waals surface area contributed by atoms with Gasteiger partial charge in [-0.2, -0.15) is 0 Å². The van der Waals surface area contributed by atoms with Crippen molar-refractivity contribution in [2.24, 2.45) is 23.7 Å². The number of ether oxygens (including phenoxy) is 6. The van der Waals surface area contributed by atoms with Gasteiger partial charge < -0.3 is 58.9 Å². The van der Waals surface area contributed by atoms with Crippen LogP contribution >= 0.6 is 0 Å². The van der Waals surface area contributed by atoms with E-state index in [4.69, 9.17) is 28.4 Å². The van der Waals surface area contributed by atoms with Gasteiger partial charge in [0.2, 0.25) is 0 Å². The Morgan fingerprint density at radius 3 is 2.04 bits per heavy atom. The van der Waals surface area contributed by atoms with Gasteiger partial charge in [0, 0.05) is 37.3 Å². The molecule has 0 unspecified atom stereocenters. The largest absolute Gasteiger partial charge is 0.459 e. The summed E-state index contributed by atoms with van der Waals surface area (Å²) in [6.45, 7) is 16.3. The molecule has 298 valence electrons. The van der Waals surface area contributed by atoms with Gasteiger partial charge in [0.05, 0.1) is 47.6 Å². The highest BCUT2D eigenvalue weighted by Crippen LogP contribution is 2.40. The Kier molecular flexibility index (Phi) is 14.7.